The summed E-state index contributed by atoms with van der Waals surface area (Å²) in [4.78, 5) is 4.18. The zero-order valence-electron chi connectivity index (χ0n) is 9.47. The Balaban J connectivity index is 1.65. The highest BCUT2D eigenvalue weighted by molar-refractivity contribution is 7.09. The average molecular weight is 241 g/mol. The van der Waals surface area contributed by atoms with E-state index in [-0.39, 0.29) is 6.10 Å². The highest BCUT2D eigenvalue weighted by Gasteiger charge is 2.16. The zero-order valence-corrected chi connectivity index (χ0v) is 10.3. The molecule has 0 amide bonds. The van der Waals surface area contributed by atoms with Crippen LogP contribution in [0.25, 0.3) is 0 Å². The van der Waals surface area contributed by atoms with Crippen LogP contribution >= 0.6 is 11.3 Å². The molecular formula is C12H19NO2S. The summed E-state index contributed by atoms with van der Waals surface area (Å²) in [5, 5.41) is 12.8. The van der Waals surface area contributed by atoms with Crippen molar-refractivity contribution in [2.75, 3.05) is 6.61 Å². The van der Waals surface area contributed by atoms with E-state index in [4.69, 9.17) is 4.74 Å². The third kappa shape index (κ3) is 3.85. The van der Waals surface area contributed by atoms with E-state index in [1.165, 1.54) is 12.8 Å². The minimum atomic E-state index is -0.267. The van der Waals surface area contributed by atoms with Gasteiger partial charge in [-0.2, -0.15) is 0 Å². The van der Waals surface area contributed by atoms with Crippen molar-refractivity contribution in [2.45, 2.75) is 50.7 Å². The van der Waals surface area contributed by atoms with E-state index in [0.717, 1.165) is 30.9 Å². The smallest absolute Gasteiger partial charge is 0.0950 e. The predicted molar refractivity (Wildman–Crippen MR) is 64.6 cm³/mol. The quantitative estimate of drug-likeness (QED) is 0.860. The van der Waals surface area contributed by atoms with Crippen LogP contribution in [0.15, 0.2) is 11.6 Å². The highest BCUT2D eigenvalue weighted by Crippen LogP contribution is 2.19. The van der Waals surface area contributed by atoms with Crippen LogP contribution in [0, 0.1) is 0 Å². The molecule has 2 rings (SSSR count). The number of hydrogen-bond donors (Lipinski definition) is 1. The number of ether oxygens (including phenoxy) is 1. The third-order valence-corrected chi connectivity index (χ3v) is 3.79. The van der Waals surface area contributed by atoms with Gasteiger partial charge in [-0.15, -0.1) is 11.3 Å². The topological polar surface area (TPSA) is 42.4 Å². The monoisotopic (exact) mass is 241 g/mol. The normalized spacial score (nSPS) is 23.2. The van der Waals surface area contributed by atoms with Gasteiger partial charge in [-0.05, 0) is 32.1 Å². The molecule has 2 heterocycles. The average Bonchev–Trinajstić information content (AvgIpc) is 2.81. The van der Waals surface area contributed by atoms with Crippen molar-refractivity contribution in [3.63, 3.8) is 0 Å². The van der Waals surface area contributed by atoms with E-state index >= 15 is 0 Å². The molecule has 1 fully saturated rings. The molecule has 0 aliphatic carbocycles. The summed E-state index contributed by atoms with van der Waals surface area (Å²) >= 11 is 1.61. The second-order valence-corrected chi connectivity index (χ2v) is 5.33. The maximum Gasteiger partial charge on any atom is 0.0950 e. The summed E-state index contributed by atoms with van der Waals surface area (Å²) in [5.74, 6) is 0. The Morgan fingerprint density at radius 1 is 1.56 bits per heavy atom. The Morgan fingerprint density at radius 2 is 2.50 bits per heavy atom. The molecule has 0 radical (unpaired) electrons. The van der Waals surface area contributed by atoms with Gasteiger partial charge in [-0.1, -0.05) is 0 Å². The maximum absolute atomic E-state index is 9.86. The first-order valence-electron chi connectivity index (χ1n) is 6.02. The van der Waals surface area contributed by atoms with Gasteiger partial charge in [-0.3, -0.25) is 0 Å². The van der Waals surface area contributed by atoms with Crippen molar-refractivity contribution in [3.8, 4) is 0 Å². The van der Waals surface area contributed by atoms with Gasteiger partial charge in [0.2, 0.25) is 0 Å². The van der Waals surface area contributed by atoms with Crippen LogP contribution in [0.5, 0.6) is 0 Å². The van der Waals surface area contributed by atoms with Crippen molar-refractivity contribution >= 4 is 11.3 Å². The van der Waals surface area contributed by atoms with Crippen LogP contribution in [0.4, 0.5) is 0 Å². The van der Waals surface area contributed by atoms with E-state index in [0.29, 0.717) is 12.5 Å². The molecule has 4 heteroatoms. The number of hydrogen-bond acceptors (Lipinski definition) is 4. The molecule has 3 nitrogen and oxygen atoms in total. The highest BCUT2D eigenvalue weighted by atomic mass is 32.1. The van der Waals surface area contributed by atoms with Crippen molar-refractivity contribution in [1.29, 1.82) is 0 Å². The lowest BCUT2D eigenvalue weighted by Crippen LogP contribution is -2.21. The minimum absolute atomic E-state index is 0.267. The van der Waals surface area contributed by atoms with Gasteiger partial charge in [0.1, 0.15) is 0 Å². The lowest BCUT2D eigenvalue weighted by atomic mass is 10.0. The second-order valence-electron chi connectivity index (χ2n) is 4.35. The Hall–Kier alpha value is -0.450. The fraction of sp³-hybridized carbons (Fsp3) is 0.750. The molecule has 2 unspecified atom stereocenters. The molecule has 1 N–H and O–H groups in total. The molecule has 0 saturated carbocycles. The van der Waals surface area contributed by atoms with Crippen LogP contribution in [0.1, 0.15) is 37.1 Å². The van der Waals surface area contributed by atoms with Gasteiger partial charge >= 0.3 is 0 Å². The van der Waals surface area contributed by atoms with E-state index in [2.05, 4.69) is 4.98 Å². The molecule has 2 atom stereocenters. The first kappa shape index (κ1) is 12.0. The fourth-order valence-corrected chi connectivity index (χ4v) is 2.76. The van der Waals surface area contributed by atoms with E-state index in [1.807, 2.05) is 5.38 Å². The van der Waals surface area contributed by atoms with Crippen LogP contribution in [-0.2, 0) is 11.2 Å². The van der Waals surface area contributed by atoms with Gasteiger partial charge in [0.25, 0.3) is 0 Å². The molecule has 16 heavy (non-hydrogen) atoms. The Bertz CT molecular complexity index is 283. The summed E-state index contributed by atoms with van der Waals surface area (Å²) in [6.45, 7) is 0.896. The summed E-state index contributed by atoms with van der Waals surface area (Å²) in [6.07, 6.45) is 8.00. The largest absolute Gasteiger partial charge is 0.393 e. The fourth-order valence-electron chi connectivity index (χ4n) is 2.07. The van der Waals surface area contributed by atoms with Gasteiger partial charge in [0.15, 0.2) is 0 Å². The molecule has 1 aromatic heterocycles. The third-order valence-electron chi connectivity index (χ3n) is 2.99. The molecule has 1 aromatic rings. The number of thiazole rings is 1. The lowest BCUT2D eigenvalue weighted by Gasteiger charge is -2.23. The van der Waals surface area contributed by atoms with Crippen molar-refractivity contribution in [2.24, 2.45) is 0 Å². The first-order chi connectivity index (χ1) is 7.84. The van der Waals surface area contributed by atoms with E-state index in [1.54, 1.807) is 17.5 Å². The number of aliphatic hydroxyl groups excluding tert-OH is 1. The number of rotatable bonds is 5. The second kappa shape index (κ2) is 6.33. The number of nitrogens with zero attached hydrogens (tertiary/aromatic N) is 1. The number of aromatic nitrogens is 1. The van der Waals surface area contributed by atoms with Crippen molar-refractivity contribution in [1.82, 2.24) is 4.98 Å². The van der Waals surface area contributed by atoms with Crippen molar-refractivity contribution < 1.29 is 9.84 Å². The molecular weight excluding hydrogens is 222 g/mol. The van der Waals surface area contributed by atoms with Crippen LogP contribution in [0.3, 0.4) is 0 Å². The SMILES string of the molecule is OC(CCC1CCCCO1)Cc1nccs1. The van der Waals surface area contributed by atoms with Crippen molar-refractivity contribution in [3.05, 3.63) is 16.6 Å². The standard InChI is InChI=1S/C12H19NO2S/c14-10(9-12-13-6-8-16-12)4-5-11-3-1-2-7-15-11/h6,8,10-11,14H,1-5,7,9H2. The molecule has 1 aliphatic rings. The van der Waals surface area contributed by atoms with Gasteiger partial charge in [-0.25, -0.2) is 4.98 Å². The molecule has 0 bridgehead atoms. The minimum Gasteiger partial charge on any atom is -0.393 e. The Labute approximate surface area is 100 Å². The summed E-state index contributed by atoms with van der Waals surface area (Å²) in [7, 11) is 0. The first-order valence-corrected chi connectivity index (χ1v) is 6.90. The van der Waals surface area contributed by atoms with Gasteiger partial charge in [0, 0.05) is 24.6 Å². The Kier molecular flexibility index (Phi) is 4.75. The molecule has 90 valence electrons. The summed E-state index contributed by atoms with van der Waals surface area (Å²) < 4.78 is 5.64. The molecule has 1 aliphatic heterocycles. The maximum atomic E-state index is 9.86. The Morgan fingerprint density at radius 3 is 3.19 bits per heavy atom. The predicted octanol–water partition coefficient (Wildman–Crippen LogP) is 2.40. The van der Waals surface area contributed by atoms with Crippen LogP contribution in [-0.4, -0.2) is 28.9 Å². The summed E-state index contributed by atoms with van der Waals surface area (Å²) in [6, 6.07) is 0. The lowest BCUT2D eigenvalue weighted by molar-refractivity contribution is 0.00234. The van der Waals surface area contributed by atoms with Crippen LogP contribution < -0.4 is 0 Å². The number of aliphatic hydroxyl groups is 1. The van der Waals surface area contributed by atoms with E-state index < -0.39 is 0 Å². The van der Waals surface area contributed by atoms with Gasteiger partial charge in [0.05, 0.1) is 17.2 Å². The molecule has 1 saturated heterocycles. The molecule has 0 spiro atoms. The molecule has 0 aromatic carbocycles. The van der Waals surface area contributed by atoms with Gasteiger partial charge < -0.3 is 9.84 Å². The van der Waals surface area contributed by atoms with E-state index in [9.17, 15) is 5.11 Å². The van der Waals surface area contributed by atoms with Crippen LogP contribution in [0.2, 0.25) is 0 Å². The summed E-state index contributed by atoms with van der Waals surface area (Å²) in [5.41, 5.74) is 0. The zero-order chi connectivity index (χ0) is 11.2.